The molecule has 5 nitrogen and oxygen atoms in total. The molecule has 0 spiro atoms. The van der Waals surface area contributed by atoms with Crippen LogP contribution in [-0.2, 0) is 0 Å². The smallest absolute Gasteiger partial charge is 0.260 e. The van der Waals surface area contributed by atoms with E-state index in [0.29, 0.717) is 34.9 Å². The quantitative estimate of drug-likeness (QED) is 0.351. The second-order valence-corrected chi connectivity index (χ2v) is 9.47. The Hall–Kier alpha value is -3.35. The molecule has 0 fully saturated rings. The molecule has 1 aromatic heterocycles. The number of ketones is 1. The Bertz CT molecular complexity index is 1290. The van der Waals surface area contributed by atoms with Crippen LogP contribution in [0, 0.1) is 13.8 Å². The van der Waals surface area contributed by atoms with Crippen LogP contribution in [0.1, 0.15) is 37.4 Å². The van der Waals surface area contributed by atoms with Crippen molar-refractivity contribution in [3.8, 4) is 0 Å². The van der Waals surface area contributed by atoms with Gasteiger partial charge in [0, 0.05) is 29.8 Å². The van der Waals surface area contributed by atoms with E-state index in [9.17, 15) is 9.59 Å². The molecule has 1 heterocycles. The molecule has 33 heavy (non-hydrogen) atoms. The Balaban J connectivity index is 1.64. The van der Waals surface area contributed by atoms with Gasteiger partial charge >= 0.3 is 0 Å². The van der Waals surface area contributed by atoms with Crippen molar-refractivity contribution in [3.05, 3.63) is 94.5 Å². The van der Waals surface area contributed by atoms with Crippen LogP contribution in [0.2, 0.25) is 0 Å². The Morgan fingerprint density at radius 1 is 0.848 bits per heavy atom. The number of aromatic nitrogens is 1. The van der Waals surface area contributed by atoms with Crippen LogP contribution in [-0.4, -0.2) is 48.8 Å². The summed E-state index contributed by atoms with van der Waals surface area (Å²) in [6.45, 7) is 5.35. The topological polar surface area (TPSA) is 53.5 Å². The largest absolute Gasteiger partial charge is 0.308 e. The summed E-state index contributed by atoms with van der Waals surface area (Å²) in [6.07, 6.45) is 0. The predicted molar refractivity (Wildman–Crippen MR) is 136 cm³/mol. The second-order valence-electron chi connectivity index (χ2n) is 8.46. The number of hydrogen-bond acceptors (Lipinski definition) is 5. The highest BCUT2D eigenvalue weighted by Crippen LogP contribution is 2.32. The monoisotopic (exact) mass is 457 g/mol. The summed E-state index contributed by atoms with van der Waals surface area (Å²) in [5, 5.41) is 0.690. The molecule has 0 aliphatic rings. The number of likely N-dealkylation sites (N-methyl/N-ethyl adjacent to an activating group) is 1. The molecule has 4 aromatic rings. The number of rotatable bonds is 7. The summed E-state index contributed by atoms with van der Waals surface area (Å²) in [5.74, 6) is -0.180. The molecule has 0 aliphatic heterocycles. The zero-order chi connectivity index (χ0) is 23.5. The van der Waals surface area contributed by atoms with Crippen LogP contribution in [0.15, 0.2) is 66.7 Å². The summed E-state index contributed by atoms with van der Waals surface area (Å²) < 4.78 is 1.08. The van der Waals surface area contributed by atoms with E-state index < -0.39 is 0 Å². The summed E-state index contributed by atoms with van der Waals surface area (Å²) in [6, 6.07) is 20.3. The maximum absolute atomic E-state index is 13.5. The van der Waals surface area contributed by atoms with Crippen molar-refractivity contribution < 1.29 is 9.59 Å². The van der Waals surface area contributed by atoms with Crippen molar-refractivity contribution >= 4 is 38.4 Å². The van der Waals surface area contributed by atoms with Crippen molar-refractivity contribution in [1.29, 1.82) is 0 Å². The lowest BCUT2D eigenvalue weighted by Crippen LogP contribution is -2.36. The van der Waals surface area contributed by atoms with Crippen LogP contribution in [0.25, 0.3) is 10.2 Å². The van der Waals surface area contributed by atoms with Crippen LogP contribution in [0.3, 0.4) is 0 Å². The van der Waals surface area contributed by atoms with Crippen LogP contribution in [0.5, 0.6) is 0 Å². The van der Waals surface area contributed by atoms with Crippen molar-refractivity contribution in [2.75, 3.05) is 32.1 Å². The number of carbonyl (C=O) groups excluding carboxylic acids is 2. The number of hydrogen-bond donors (Lipinski definition) is 0. The van der Waals surface area contributed by atoms with E-state index in [-0.39, 0.29) is 11.7 Å². The summed E-state index contributed by atoms with van der Waals surface area (Å²) in [7, 11) is 3.97. The molecule has 0 aliphatic carbocycles. The minimum absolute atomic E-state index is 0.0592. The molecule has 1 amide bonds. The zero-order valence-electron chi connectivity index (χ0n) is 19.3. The van der Waals surface area contributed by atoms with Gasteiger partial charge < -0.3 is 4.90 Å². The SMILES string of the molecule is Cc1cc(C)c2nc(N(CCN(C)C)C(=O)c3ccc(C(=O)c4ccccc4)cc3)sc2c1. The van der Waals surface area contributed by atoms with Crippen LogP contribution < -0.4 is 4.90 Å². The van der Waals surface area contributed by atoms with Gasteiger partial charge in [0.2, 0.25) is 0 Å². The Labute approximate surface area is 198 Å². The third kappa shape index (κ3) is 5.02. The highest BCUT2D eigenvalue weighted by Gasteiger charge is 2.22. The van der Waals surface area contributed by atoms with Crippen LogP contribution in [0.4, 0.5) is 5.13 Å². The van der Waals surface area contributed by atoms with Crippen molar-refractivity contribution in [3.63, 3.8) is 0 Å². The van der Waals surface area contributed by atoms with E-state index in [2.05, 4.69) is 19.1 Å². The molecule has 0 bridgehead atoms. The first-order chi connectivity index (χ1) is 15.8. The zero-order valence-corrected chi connectivity index (χ0v) is 20.1. The van der Waals surface area contributed by atoms with Crippen LogP contribution >= 0.6 is 11.3 Å². The van der Waals surface area contributed by atoms with E-state index in [0.717, 1.165) is 15.8 Å². The molecule has 0 N–H and O–H groups in total. The standard InChI is InChI=1S/C27H27N3O2S/c1-18-16-19(2)24-23(17-18)33-27(28-24)30(15-14-29(3)4)26(32)22-12-10-21(11-13-22)25(31)20-8-6-5-7-9-20/h5-13,16-17H,14-15H2,1-4H3. The van der Waals surface area contributed by atoms with Gasteiger partial charge in [-0.1, -0.05) is 59.9 Å². The molecule has 0 radical (unpaired) electrons. The van der Waals surface area contributed by atoms with Crippen molar-refractivity contribution in [2.24, 2.45) is 0 Å². The highest BCUT2D eigenvalue weighted by molar-refractivity contribution is 7.22. The van der Waals surface area contributed by atoms with Gasteiger partial charge in [-0.2, -0.15) is 0 Å². The molecule has 0 saturated heterocycles. The van der Waals surface area contributed by atoms with Gasteiger partial charge in [-0.05, 0) is 57.3 Å². The third-order valence-corrected chi connectivity index (χ3v) is 6.52. The fourth-order valence-corrected chi connectivity index (χ4v) is 4.90. The van der Waals surface area contributed by atoms with E-state index >= 15 is 0 Å². The van der Waals surface area contributed by atoms with Gasteiger partial charge in [-0.3, -0.25) is 14.5 Å². The molecule has 6 heteroatoms. The number of aryl methyl sites for hydroxylation is 2. The molecule has 4 rings (SSSR count). The molecular formula is C27H27N3O2S. The van der Waals surface area contributed by atoms with Gasteiger partial charge in [-0.15, -0.1) is 0 Å². The lowest BCUT2D eigenvalue weighted by Gasteiger charge is -2.22. The molecule has 0 saturated carbocycles. The molecule has 168 valence electrons. The summed E-state index contributed by atoms with van der Waals surface area (Å²) in [4.78, 5) is 34.8. The Morgan fingerprint density at radius 3 is 2.15 bits per heavy atom. The first-order valence-corrected chi connectivity index (χ1v) is 11.7. The highest BCUT2D eigenvalue weighted by atomic mass is 32.1. The lowest BCUT2D eigenvalue weighted by atomic mass is 10.0. The van der Waals surface area contributed by atoms with Gasteiger partial charge in [0.15, 0.2) is 10.9 Å². The maximum Gasteiger partial charge on any atom is 0.260 e. The normalized spacial score (nSPS) is 11.2. The number of carbonyl (C=O) groups is 2. The minimum Gasteiger partial charge on any atom is -0.308 e. The van der Waals surface area contributed by atoms with E-state index in [4.69, 9.17) is 4.98 Å². The van der Waals surface area contributed by atoms with Crippen molar-refractivity contribution in [2.45, 2.75) is 13.8 Å². The van der Waals surface area contributed by atoms with Gasteiger partial charge in [0.25, 0.3) is 5.91 Å². The summed E-state index contributed by atoms with van der Waals surface area (Å²) in [5.41, 5.74) is 4.95. The first kappa shape index (κ1) is 22.8. The van der Waals surface area contributed by atoms with E-state index in [1.165, 1.54) is 16.9 Å². The number of amides is 1. The third-order valence-electron chi connectivity index (χ3n) is 5.50. The first-order valence-electron chi connectivity index (χ1n) is 10.9. The minimum atomic E-state index is -0.121. The summed E-state index contributed by atoms with van der Waals surface area (Å²) >= 11 is 1.54. The Morgan fingerprint density at radius 2 is 1.48 bits per heavy atom. The maximum atomic E-state index is 13.5. The average molecular weight is 458 g/mol. The molecule has 0 atom stereocenters. The fraction of sp³-hybridized carbons (Fsp3) is 0.222. The molecular weight excluding hydrogens is 430 g/mol. The van der Waals surface area contributed by atoms with E-state index in [1.54, 1.807) is 41.3 Å². The average Bonchev–Trinajstić information content (AvgIpc) is 3.23. The fourth-order valence-electron chi connectivity index (χ4n) is 3.73. The number of fused-ring (bicyclic) bond motifs is 1. The molecule has 3 aromatic carbocycles. The second kappa shape index (κ2) is 9.65. The lowest BCUT2D eigenvalue weighted by molar-refractivity contribution is 0.0982. The van der Waals surface area contributed by atoms with Crippen molar-refractivity contribution in [1.82, 2.24) is 9.88 Å². The number of thiazole rings is 1. The molecule has 0 unspecified atom stereocenters. The predicted octanol–water partition coefficient (Wildman–Crippen LogP) is 5.35. The number of benzene rings is 3. The van der Waals surface area contributed by atoms with Gasteiger partial charge in [0.1, 0.15) is 0 Å². The van der Waals surface area contributed by atoms with Gasteiger partial charge in [0.05, 0.1) is 10.2 Å². The van der Waals surface area contributed by atoms with Gasteiger partial charge in [-0.25, -0.2) is 4.98 Å². The van der Waals surface area contributed by atoms with E-state index in [1.807, 2.05) is 44.1 Å². The Kier molecular flexibility index (Phi) is 6.67. The number of nitrogens with zero attached hydrogens (tertiary/aromatic N) is 3. The number of anilines is 1.